The van der Waals surface area contributed by atoms with Crippen molar-refractivity contribution in [2.45, 2.75) is 31.6 Å². The van der Waals surface area contributed by atoms with E-state index in [1.54, 1.807) is 0 Å². The van der Waals surface area contributed by atoms with Gasteiger partial charge in [-0.05, 0) is 37.0 Å². The van der Waals surface area contributed by atoms with Gasteiger partial charge in [-0.15, -0.1) is 0 Å². The summed E-state index contributed by atoms with van der Waals surface area (Å²) in [6.45, 7) is 2.77. The number of carbonyl (C=O) groups excluding carboxylic acids is 3. The standard InChI is InChI=1S/C24H31ClN4O5/c25-19-4-1-15(2-5-19)20-14-29(13-18(20)12-27-24(33)34)22(31)16-7-9-28(10-8-16)23(32)17-3-6-21(30)26-11-17/h1-2,4-5,16-18,20,27H,3,6-14H2,(H,26,30)(H,33,34)/t17?,18-,20-/m0/s1. The average molecular weight is 491 g/mol. The molecule has 10 heteroatoms. The molecule has 4 rings (SSSR count). The number of carboxylic acid groups (broad SMARTS) is 1. The minimum absolute atomic E-state index is 0.00673. The molecule has 0 saturated carbocycles. The van der Waals surface area contributed by atoms with Crippen molar-refractivity contribution in [2.75, 3.05) is 39.3 Å². The number of hydrogen-bond acceptors (Lipinski definition) is 4. The summed E-state index contributed by atoms with van der Waals surface area (Å²) in [7, 11) is 0. The Morgan fingerprint density at radius 1 is 1.00 bits per heavy atom. The fraction of sp³-hybridized carbons (Fsp3) is 0.583. The van der Waals surface area contributed by atoms with E-state index in [0.717, 1.165) is 5.56 Å². The molecule has 4 amide bonds. The van der Waals surface area contributed by atoms with Crippen LogP contribution in [0.4, 0.5) is 4.79 Å². The number of likely N-dealkylation sites (tertiary alicyclic amines) is 2. The lowest BCUT2D eigenvalue weighted by Gasteiger charge is -2.35. The maximum Gasteiger partial charge on any atom is 0.404 e. The molecule has 3 heterocycles. The van der Waals surface area contributed by atoms with Gasteiger partial charge in [-0.2, -0.15) is 0 Å². The van der Waals surface area contributed by atoms with E-state index in [-0.39, 0.29) is 47.9 Å². The largest absolute Gasteiger partial charge is 0.465 e. The van der Waals surface area contributed by atoms with Gasteiger partial charge in [-0.25, -0.2) is 4.79 Å². The predicted octanol–water partition coefficient (Wildman–Crippen LogP) is 1.91. The number of nitrogens with zero attached hydrogens (tertiary/aromatic N) is 2. The molecule has 184 valence electrons. The molecule has 3 aliphatic heterocycles. The third-order valence-corrected chi connectivity index (χ3v) is 7.59. The molecule has 0 bridgehead atoms. The molecule has 0 spiro atoms. The molecule has 3 fully saturated rings. The molecule has 3 atom stereocenters. The zero-order chi connectivity index (χ0) is 24.2. The monoisotopic (exact) mass is 490 g/mol. The maximum atomic E-state index is 13.3. The first-order chi connectivity index (χ1) is 16.3. The van der Waals surface area contributed by atoms with Crippen LogP contribution in [-0.2, 0) is 14.4 Å². The van der Waals surface area contributed by atoms with Gasteiger partial charge < -0.3 is 25.5 Å². The summed E-state index contributed by atoms with van der Waals surface area (Å²) in [5, 5.41) is 14.9. The highest BCUT2D eigenvalue weighted by Gasteiger charge is 2.40. The van der Waals surface area contributed by atoms with Crippen molar-refractivity contribution in [2.24, 2.45) is 17.8 Å². The SMILES string of the molecule is O=C(O)NC[C@H]1CN(C(=O)C2CCN(C(=O)C3CCC(=O)NC3)CC2)C[C@H]1c1ccc(Cl)cc1. The Labute approximate surface area is 203 Å². The van der Waals surface area contributed by atoms with Gasteiger partial charge in [0, 0.05) is 68.5 Å². The molecule has 0 aliphatic carbocycles. The van der Waals surface area contributed by atoms with Crippen LogP contribution >= 0.6 is 11.6 Å². The number of halogens is 1. The fourth-order valence-electron chi connectivity index (χ4n) is 5.37. The lowest BCUT2D eigenvalue weighted by Crippen LogP contribution is -2.49. The van der Waals surface area contributed by atoms with E-state index in [1.165, 1.54) is 0 Å². The van der Waals surface area contributed by atoms with Crippen LogP contribution in [0.2, 0.25) is 5.02 Å². The van der Waals surface area contributed by atoms with Crippen molar-refractivity contribution in [3.63, 3.8) is 0 Å². The van der Waals surface area contributed by atoms with Crippen LogP contribution in [0, 0.1) is 17.8 Å². The van der Waals surface area contributed by atoms with Gasteiger partial charge >= 0.3 is 6.09 Å². The molecule has 1 aromatic carbocycles. The molecule has 9 nitrogen and oxygen atoms in total. The minimum Gasteiger partial charge on any atom is -0.465 e. The smallest absolute Gasteiger partial charge is 0.404 e. The zero-order valence-electron chi connectivity index (χ0n) is 19.0. The molecule has 3 aliphatic rings. The molecule has 1 aromatic rings. The topological polar surface area (TPSA) is 119 Å². The number of amides is 4. The highest BCUT2D eigenvalue weighted by atomic mass is 35.5. The molecular formula is C24H31ClN4O5. The number of carbonyl (C=O) groups is 4. The summed E-state index contributed by atoms with van der Waals surface area (Å²) >= 11 is 6.03. The Hall–Kier alpha value is -2.81. The van der Waals surface area contributed by atoms with E-state index in [4.69, 9.17) is 16.7 Å². The average Bonchev–Trinajstić information content (AvgIpc) is 3.27. The summed E-state index contributed by atoms with van der Waals surface area (Å²) in [5.41, 5.74) is 1.04. The van der Waals surface area contributed by atoms with E-state index in [2.05, 4.69) is 10.6 Å². The number of rotatable bonds is 5. The van der Waals surface area contributed by atoms with E-state index in [1.807, 2.05) is 34.1 Å². The summed E-state index contributed by atoms with van der Waals surface area (Å²) in [5.74, 6) is -0.185. The molecule has 3 N–H and O–H groups in total. The highest BCUT2D eigenvalue weighted by Crippen LogP contribution is 2.35. The Balaban J connectivity index is 1.35. The van der Waals surface area contributed by atoms with Crippen LogP contribution in [0.1, 0.15) is 37.2 Å². The molecule has 1 unspecified atom stereocenters. The van der Waals surface area contributed by atoms with Gasteiger partial charge in [-0.3, -0.25) is 14.4 Å². The highest BCUT2D eigenvalue weighted by molar-refractivity contribution is 6.30. The Kier molecular flexibility index (Phi) is 7.60. The second-order valence-electron chi connectivity index (χ2n) is 9.49. The Morgan fingerprint density at radius 2 is 1.68 bits per heavy atom. The van der Waals surface area contributed by atoms with Gasteiger partial charge in [0.1, 0.15) is 0 Å². The first-order valence-corrected chi connectivity index (χ1v) is 12.3. The second-order valence-corrected chi connectivity index (χ2v) is 9.92. The van der Waals surface area contributed by atoms with Crippen molar-refractivity contribution < 1.29 is 24.3 Å². The van der Waals surface area contributed by atoms with Gasteiger partial charge in [0.15, 0.2) is 0 Å². The summed E-state index contributed by atoms with van der Waals surface area (Å²) in [4.78, 5) is 52.2. The predicted molar refractivity (Wildman–Crippen MR) is 125 cm³/mol. The maximum absolute atomic E-state index is 13.3. The quantitative estimate of drug-likeness (QED) is 0.582. The second kappa shape index (κ2) is 10.6. The number of benzene rings is 1. The Bertz CT molecular complexity index is 922. The van der Waals surface area contributed by atoms with E-state index < -0.39 is 6.09 Å². The van der Waals surface area contributed by atoms with E-state index in [9.17, 15) is 19.2 Å². The normalized spacial score (nSPS) is 25.7. The molecule has 0 radical (unpaired) electrons. The van der Waals surface area contributed by atoms with Crippen molar-refractivity contribution in [1.82, 2.24) is 20.4 Å². The third kappa shape index (κ3) is 5.63. The molecule has 0 aromatic heterocycles. The van der Waals surface area contributed by atoms with Gasteiger partial charge in [0.25, 0.3) is 0 Å². The molecule has 34 heavy (non-hydrogen) atoms. The Morgan fingerprint density at radius 3 is 2.29 bits per heavy atom. The lowest BCUT2D eigenvalue weighted by atomic mass is 9.89. The van der Waals surface area contributed by atoms with Crippen LogP contribution < -0.4 is 10.6 Å². The third-order valence-electron chi connectivity index (χ3n) is 7.34. The number of piperidine rings is 2. The van der Waals surface area contributed by atoms with Crippen molar-refractivity contribution in [1.29, 1.82) is 0 Å². The van der Waals surface area contributed by atoms with Crippen molar-refractivity contribution in [3.8, 4) is 0 Å². The van der Waals surface area contributed by atoms with Gasteiger partial charge in [0.05, 0.1) is 5.92 Å². The van der Waals surface area contributed by atoms with Crippen LogP contribution in [-0.4, -0.2) is 78.0 Å². The van der Waals surface area contributed by atoms with E-state index >= 15 is 0 Å². The van der Waals surface area contributed by atoms with Gasteiger partial charge in [-0.1, -0.05) is 23.7 Å². The van der Waals surface area contributed by atoms with Crippen LogP contribution in [0.3, 0.4) is 0 Å². The fourth-order valence-corrected chi connectivity index (χ4v) is 5.50. The molecule has 3 saturated heterocycles. The van der Waals surface area contributed by atoms with E-state index in [0.29, 0.717) is 63.4 Å². The lowest BCUT2D eigenvalue weighted by molar-refractivity contribution is -0.143. The number of nitrogens with one attached hydrogen (secondary N) is 2. The minimum atomic E-state index is -1.07. The van der Waals surface area contributed by atoms with Crippen LogP contribution in [0.5, 0.6) is 0 Å². The van der Waals surface area contributed by atoms with Crippen molar-refractivity contribution >= 4 is 35.4 Å². The van der Waals surface area contributed by atoms with Crippen molar-refractivity contribution in [3.05, 3.63) is 34.9 Å². The summed E-state index contributed by atoms with van der Waals surface area (Å²) in [6.07, 6.45) is 1.12. The summed E-state index contributed by atoms with van der Waals surface area (Å²) < 4.78 is 0. The number of hydrogen-bond donors (Lipinski definition) is 3. The molecular weight excluding hydrogens is 460 g/mol. The zero-order valence-corrected chi connectivity index (χ0v) is 19.8. The first kappa shape index (κ1) is 24.3. The van der Waals surface area contributed by atoms with Gasteiger partial charge in [0.2, 0.25) is 17.7 Å². The van der Waals surface area contributed by atoms with Crippen LogP contribution in [0.25, 0.3) is 0 Å². The summed E-state index contributed by atoms with van der Waals surface area (Å²) in [6, 6.07) is 7.50. The first-order valence-electron chi connectivity index (χ1n) is 11.9. The van der Waals surface area contributed by atoms with Crippen LogP contribution in [0.15, 0.2) is 24.3 Å².